The number of methoxy groups -OCH3 is 1. The molecule has 0 radical (unpaired) electrons. The van der Waals surface area contributed by atoms with Crippen LogP contribution in [-0.2, 0) is 14.3 Å². The van der Waals surface area contributed by atoms with E-state index in [4.69, 9.17) is 16.3 Å². The lowest BCUT2D eigenvalue weighted by atomic mass is 9.95. The van der Waals surface area contributed by atoms with Gasteiger partial charge in [0.25, 0.3) is 11.7 Å². The zero-order chi connectivity index (χ0) is 19.6. The van der Waals surface area contributed by atoms with Crippen LogP contribution in [0.4, 0.5) is 0 Å². The molecule has 1 atom stereocenters. The molecule has 1 amide bonds. The molecule has 2 aromatic rings. The smallest absolute Gasteiger partial charge is 0.295 e. The second-order valence-corrected chi connectivity index (χ2v) is 7.40. The monoisotopic (exact) mass is 449 g/mol. The number of aliphatic hydroxyl groups excluding tert-OH is 1. The summed E-state index contributed by atoms with van der Waals surface area (Å²) in [5, 5.41) is 11.3. The van der Waals surface area contributed by atoms with Crippen LogP contribution in [0.5, 0.6) is 0 Å². The Balaban J connectivity index is 2.16. The van der Waals surface area contributed by atoms with E-state index in [2.05, 4.69) is 15.9 Å². The van der Waals surface area contributed by atoms with Gasteiger partial charge in [-0.05, 0) is 42.0 Å². The minimum atomic E-state index is -0.719. The van der Waals surface area contributed by atoms with Crippen LogP contribution in [0.3, 0.4) is 0 Å². The number of Topliss-reactive ketones (excluding diaryl/α,β-unsaturated/α-hetero) is 1. The fourth-order valence-electron chi connectivity index (χ4n) is 3.09. The molecule has 1 heterocycles. The molecule has 3 rings (SSSR count). The topological polar surface area (TPSA) is 66.8 Å². The first kappa shape index (κ1) is 19.6. The van der Waals surface area contributed by atoms with Gasteiger partial charge in [-0.2, -0.15) is 0 Å². The van der Waals surface area contributed by atoms with E-state index in [1.165, 1.54) is 12.0 Å². The van der Waals surface area contributed by atoms with Crippen molar-refractivity contribution >= 4 is 45.0 Å². The predicted molar refractivity (Wildman–Crippen MR) is 106 cm³/mol. The van der Waals surface area contributed by atoms with Gasteiger partial charge >= 0.3 is 0 Å². The lowest BCUT2D eigenvalue weighted by molar-refractivity contribution is -0.140. The molecule has 27 heavy (non-hydrogen) atoms. The van der Waals surface area contributed by atoms with E-state index in [1.807, 2.05) is 24.3 Å². The van der Waals surface area contributed by atoms with Gasteiger partial charge in [-0.15, -0.1) is 0 Å². The Labute approximate surface area is 170 Å². The van der Waals surface area contributed by atoms with Gasteiger partial charge in [0.05, 0.1) is 18.2 Å². The standard InChI is InChI=1S/C20H17BrClNO4/c1-27-10-9-23-17(13-3-2-4-14(21)11-13)16(19(25)20(23)26)18(24)12-5-7-15(22)8-6-12/h2-8,11,17,24H,9-10H2,1H3/b18-16+/t17-/m1/s1. The number of halogens is 2. The second-order valence-electron chi connectivity index (χ2n) is 6.05. The molecule has 7 heteroatoms. The maximum absolute atomic E-state index is 12.7. The quantitative estimate of drug-likeness (QED) is 0.422. The highest BCUT2D eigenvalue weighted by molar-refractivity contribution is 9.10. The Morgan fingerprint density at radius 2 is 1.93 bits per heavy atom. The molecule has 0 bridgehead atoms. The molecule has 1 fully saturated rings. The van der Waals surface area contributed by atoms with Gasteiger partial charge in [-0.1, -0.05) is 39.7 Å². The number of hydrogen-bond acceptors (Lipinski definition) is 4. The van der Waals surface area contributed by atoms with E-state index in [0.29, 0.717) is 10.6 Å². The maximum atomic E-state index is 12.7. The van der Waals surface area contributed by atoms with Gasteiger partial charge in [0.1, 0.15) is 5.76 Å². The van der Waals surface area contributed by atoms with Crippen LogP contribution in [0, 0.1) is 0 Å². The summed E-state index contributed by atoms with van der Waals surface area (Å²) in [4.78, 5) is 26.8. The summed E-state index contributed by atoms with van der Waals surface area (Å²) in [7, 11) is 1.53. The molecular formula is C20H17BrClNO4. The third-order valence-electron chi connectivity index (χ3n) is 4.36. The zero-order valence-corrected chi connectivity index (χ0v) is 16.8. The van der Waals surface area contributed by atoms with Gasteiger partial charge in [0.15, 0.2) is 0 Å². The maximum Gasteiger partial charge on any atom is 0.295 e. The lowest BCUT2D eigenvalue weighted by Gasteiger charge is -2.25. The van der Waals surface area contributed by atoms with Crippen molar-refractivity contribution in [2.45, 2.75) is 6.04 Å². The average molecular weight is 451 g/mol. The molecule has 5 nitrogen and oxygen atoms in total. The van der Waals surface area contributed by atoms with Crippen molar-refractivity contribution in [3.8, 4) is 0 Å². The Morgan fingerprint density at radius 1 is 1.22 bits per heavy atom. The molecule has 0 aromatic heterocycles. The minimum Gasteiger partial charge on any atom is -0.507 e. The van der Waals surface area contributed by atoms with Crippen molar-refractivity contribution in [3.05, 3.63) is 74.7 Å². The molecule has 2 aromatic carbocycles. The summed E-state index contributed by atoms with van der Waals surface area (Å²) in [6, 6.07) is 13.1. The number of hydrogen-bond donors (Lipinski definition) is 1. The molecule has 0 saturated carbocycles. The number of carbonyl (C=O) groups is 2. The van der Waals surface area contributed by atoms with Crippen LogP contribution in [0.15, 0.2) is 58.6 Å². The predicted octanol–water partition coefficient (Wildman–Crippen LogP) is 4.17. The number of benzene rings is 2. The third-order valence-corrected chi connectivity index (χ3v) is 5.10. The van der Waals surface area contributed by atoms with Crippen LogP contribution < -0.4 is 0 Å². The highest BCUT2D eigenvalue weighted by Crippen LogP contribution is 2.39. The number of aliphatic hydroxyl groups is 1. The van der Waals surface area contributed by atoms with Crippen molar-refractivity contribution in [3.63, 3.8) is 0 Å². The number of nitrogens with zero attached hydrogens (tertiary/aromatic N) is 1. The van der Waals surface area contributed by atoms with Crippen molar-refractivity contribution in [1.29, 1.82) is 0 Å². The van der Waals surface area contributed by atoms with Crippen LogP contribution in [0.1, 0.15) is 17.2 Å². The average Bonchev–Trinajstić information content (AvgIpc) is 2.91. The van der Waals surface area contributed by atoms with Crippen LogP contribution in [0.2, 0.25) is 5.02 Å². The van der Waals surface area contributed by atoms with Gasteiger partial charge in [-0.3, -0.25) is 9.59 Å². The zero-order valence-electron chi connectivity index (χ0n) is 14.5. The SMILES string of the molecule is COCCN1C(=O)C(=O)/C(=C(/O)c2ccc(Cl)cc2)[C@H]1c1cccc(Br)c1. The molecule has 0 aliphatic carbocycles. The van der Waals surface area contributed by atoms with Gasteiger partial charge in [0.2, 0.25) is 0 Å². The van der Waals surface area contributed by atoms with Crippen molar-refractivity contribution in [2.75, 3.05) is 20.3 Å². The number of likely N-dealkylation sites (tertiary alicyclic amines) is 1. The number of carbonyl (C=O) groups excluding carboxylic acids is 2. The number of ether oxygens (including phenoxy) is 1. The summed E-state index contributed by atoms with van der Waals surface area (Å²) in [5.74, 6) is -1.61. The molecular weight excluding hydrogens is 434 g/mol. The summed E-state index contributed by atoms with van der Waals surface area (Å²) < 4.78 is 5.89. The third kappa shape index (κ3) is 3.93. The van der Waals surface area contributed by atoms with Gasteiger partial charge in [-0.25, -0.2) is 0 Å². The number of amides is 1. The molecule has 0 unspecified atom stereocenters. The highest BCUT2D eigenvalue weighted by Gasteiger charge is 2.45. The molecule has 0 spiro atoms. The first-order chi connectivity index (χ1) is 12.9. The van der Waals surface area contributed by atoms with Crippen LogP contribution in [-0.4, -0.2) is 42.0 Å². The van der Waals surface area contributed by atoms with E-state index in [-0.39, 0.29) is 24.5 Å². The Bertz CT molecular complexity index is 910. The van der Waals surface area contributed by atoms with Crippen molar-refractivity contribution < 1.29 is 19.4 Å². The molecule has 1 aliphatic rings. The van der Waals surface area contributed by atoms with E-state index in [1.54, 1.807) is 24.3 Å². The highest BCUT2D eigenvalue weighted by atomic mass is 79.9. The second kappa shape index (κ2) is 8.25. The molecule has 1 saturated heterocycles. The summed E-state index contributed by atoms with van der Waals surface area (Å²) >= 11 is 9.32. The molecule has 140 valence electrons. The Hall–Kier alpha value is -2.15. The first-order valence-electron chi connectivity index (χ1n) is 8.22. The molecule has 1 N–H and O–H groups in total. The minimum absolute atomic E-state index is 0.0523. The van der Waals surface area contributed by atoms with E-state index < -0.39 is 17.7 Å². The van der Waals surface area contributed by atoms with Gasteiger partial charge in [0, 0.05) is 28.7 Å². The van der Waals surface area contributed by atoms with Crippen LogP contribution >= 0.6 is 27.5 Å². The van der Waals surface area contributed by atoms with Crippen molar-refractivity contribution in [2.24, 2.45) is 0 Å². The largest absolute Gasteiger partial charge is 0.507 e. The summed E-state index contributed by atoms with van der Waals surface area (Å²) in [5.41, 5.74) is 1.19. The van der Waals surface area contributed by atoms with Gasteiger partial charge < -0.3 is 14.7 Å². The lowest BCUT2D eigenvalue weighted by Crippen LogP contribution is -2.32. The first-order valence-corrected chi connectivity index (χ1v) is 9.40. The van der Waals surface area contributed by atoms with Crippen LogP contribution in [0.25, 0.3) is 5.76 Å². The fourth-order valence-corrected chi connectivity index (χ4v) is 3.63. The fraction of sp³-hybridized carbons (Fsp3) is 0.200. The van der Waals surface area contributed by atoms with E-state index in [9.17, 15) is 14.7 Å². The number of ketones is 1. The normalized spacial score (nSPS) is 18.9. The summed E-state index contributed by atoms with van der Waals surface area (Å²) in [6.45, 7) is 0.508. The van der Waals surface area contributed by atoms with Crippen molar-refractivity contribution in [1.82, 2.24) is 4.90 Å². The van der Waals surface area contributed by atoms with E-state index in [0.717, 1.165) is 10.0 Å². The van der Waals surface area contributed by atoms with E-state index >= 15 is 0 Å². The number of rotatable bonds is 5. The Morgan fingerprint density at radius 3 is 2.56 bits per heavy atom. The molecule has 1 aliphatic heterocycles. The Kier molecular flexibility index (Phi) is 5.99. The summed E-state index contributed by atoms with van der Waals surface area (Å²) in [6.07, 6.45) is 0.